The van der Waals surface area contributed by atoms with E-state index in [-0.39, 0.29) is 24.4 Å². The van der Waals surface area contributed by atoms with Crippen molar-refractivity contribution in [2.75, 3.05) is 6.61 Å². The summed E-state index contributed by atoms with van der Waals surface area (Å²) in [7, 11) is 0. The number of carbonyl (C=O) groups is 1. The number of rotatable bonds is 6. The number of amides is 1. The fraction of sp³-hybridized carbons (Fsp3) is 0.176. The standard InChI is InChI=1S/C17H18ClN3O2/c1-12(13-7-3-2-4-8-13)20-16(22)11-23-21-17(19)14-9-5-6-10-15(14)18/h2-10,12H,11H2,1H3,(H2,19,21)(H,20,22)/t12-/m0/s1. The molecule has 0 aliphatic rings. The van der Waals surface area contributed by atoms with Crippen LogP contribution in [0.4, 0.5) is 0 Å². The highest BCUT2D eigenvalue weighted by Crippen LogP contribution is 2.14. The molecule has 6 heteroatoms. The molecule has 0 saturated carbocycles. The number of carbonyl (C=O) groups excluding carboxylic acids is 1. The van der Waals surface area contributed by atoms with Crippen molar-refractivity contribution in [1.29, 1.82) is 0 Å². The molecule has 2 aromatic rings. The fourth-order valence-corrected chi connectivity index (χ4v) is 2.22. The highest BCUT2D eigenvalue weighted by atomic mass is 35.5. The highest BCUT2D eigenvalue weighted by molar-refractivity contribution is 6.34. The quantitative estimate of drug-likeness (QED) is 0.485. The van der Waals surface area contributed by atoms with Gasteiger partial charge < -0.3 is 15.9 Å². The summed E-state index contributed by atoms with van der Waals surface area (Å²) in [4.78, 5) is 16.8. The van der Waals surface area contributed by atoms with Gasteiger partial charge in [-0.1, -0.05) is 59.2 Å². The molecule has 1 amide bonds. The third kappa shape index (κ3) is 5.00. The number of nitrogens with two attached hydrogens (primary N) is 1. The highest BCUT2D eigenvalue weighted by Gasteiger charge is 2.10. The van der Waals surface area contributed by atoms with Crippen LogP contribution in [0.15, 0.2) is 59.8 Å². The van der Waals surface area contributed by atoms with Gasteiger partial charge in [-0.3, -0.25) is 4.79 Å². The largest absolute Gasteiger partial charge is 0.384 e. The van der Waals surface area contributed by atoms with E-state index in [1.165, 1.54) is 0 Å². The molecule has 3 N–H and O–H groups in total. The molecular formula is C17H18ClN3O2. The normalized spacial score (nSPS) is 12.5. The van der Waals surface area contributed by atoms with E-state index in [9.17, 15) is 4.79 Å². The van der Waals surface area contributed by atoms with Crippen LogP contribution in [0.2, 0.25) is 5.02 Å². The van der Waals surface area contributed by atoms with Gasteiger partial charge in [0.2, 0.25) is 0 Å². The molecule has 0 heterocycles. The van der Waals surface area contributed by atoms with Crippen LogP contribution in [-0.2, 0) is 9.63 Å². The molecular weight excluding hydrogens is 314 g/mol. The third-order valence-electron chi connectivity index (χ3n) is 3.19. The Morgan fingerprint density at radius 3 is 2.57 bits per heavy atom. The first-order chi connectivity index (χ1) is 11.1. The summed E-state index contributed by atoms with van der Waals surface area (Å²) in [6, 6.07) is 16.5. The summed E-state index contributed by atoms with van der Waals surface area (Å²) in [6.07, 6.45) is 0. The van der Waals surface area contributed by atoms with E-state index in [0.29, 0.717) is 10.6 Å². The molecule has 0 fully saturated rings. The van der Waals surface area contributed by atoms with E-state index in [0.717, 1.165) is 5.56 Å². The molecule has 120 valence electrons. The summed E-state index contributed by atoms with van der Waals surface area (Å²) in [5.74, 6) is -0.156. The van der Waals surface area contributed by atoms with Crippen molar-refractivity contribution in [1.82, 2.24) is 5.32 Å². The maximum Gasteiger partial charge on any atom is 0.261 e. The Balaban J connectivity index is 1.85. The van der Waals surface area contributed by atoms with Gasteiger partial charge in [-0.2, -0.15) is 0 Å². The zero-order chi connectivity index (χ0) is 16.7. The zero-order valence-electron chi connectivity index (χ0n) is 12.7. The van der Waals surface area contributed by atoms with Gasteiger partial charge in [0.1, 0.15) is 0 Å². The average molecular weight is 332 g/mol. The lowest BCUT2D eigenvalue weighted by molar-refractivity contribution is -0.126. The van der Waals surface area contributed by atoms with E-state index in [2.05, 4.69) is 10.5 Å². The van der Waals surface area contributed by atoms with Crippen LogP contribution in [-0.4, -0.2) is 18.3 Å². The molecule has 0 radical (unpaired) electrons. The fourth-order valence-electron chi connectivity index (χ4n) is 1.99. The minimum Gasteiger partial charge on any atom is -0.384 e. The molecule has 23 heavy (non-hydrogen) atoms. The van der Waals surface area contributed by atoms with Crippen LogP contribution in [0.1, 0.15) is 24.1 Å². The Kier molecular flexibility index (Phi) is 6.00. The molecule has 0 spiro atoms. The van der Waals surface area contributed by atoms with Crippen LogP contribution in [0.3, 0.4) is 0 Å². The van der Waals surface area contributed by atoms with E-state index in [1.807, 2.05) is 37.3 Å². The SMILES string of the molecule is C[C@H](NC(=O)CO/N=C(/N)c1ccccc1Cl)c1ccccc1. The molecule has 0 aliphatic carbocycles. The second-order valence-corrected chi connectivity index (χ2v) is 5.34. The van der Waals surface area contributed by atoms with Crippen molar-refractivity contribution in [2.45, 2.75) is 13.0 Å². The van der Waals surface area contributed by atoms with Crippen LogP contribution < -0.4 is 11.1 Å². The predicted octanol–water partition coefficient (Wildman–Crippen LogP) is 2.85. The lowest BCUT2D eigenvalue weighted by atomic mass is 10.1. The number of benzene rings is 2. The number of hydrogen-bond acceptors (Lipinski definition) is 3. The summed E-state index contributed by atoms with van der Waals surface area (Å²) < 4.78 is 0. The maximum absolute atomic E-state index is 11.8. The molecule has 1 atom stereocenters. The average Bonchev–Trinajstić information content (AvgIpc) is 2.56. The number of nitrogens with one attached hydrogen (secondary N) is 1. The Morgan fingerprint density at radius 2 is 1.87 bits per heavy atom. The molecule has 2 aromatic carbocycles. The van der Waals surface area contributed by atoms with Crippen molar-refractivity contribution in [3.05, 3.63) is 70.7 Å². The van der Waals surface area contributed by atoms with Crippen LogP contribution in [0, 0.1) is 0 Å². The van der Waals surface area contributed by atoms with Crippen molar-refractivity contribution in [3.63, 3.8) is 0 Å². The minimum atomic E-state index is -0.280. The minimum absolute atomic E-state index is 0.114. The Hall–Kier alpha value is -2.53. The third-order valence-corrected chi connectivity index (χ3v) is 3.52. The van der Waals surface area contributed by atoms with Gasteiger partial charge in [0, 0.05) is 5.56 Å². The summed E-state index contributed by atoms with van der Waals surface area (Å²) in [6.45, 7) is 1.68. The van der Waals surface area contributed by atoms with Crippen LogP contribution >= 0.6 is 11.6 Å². The van der Waals surface area contributed by atoms with Gasteiger partial charge in [0.15, 0.2) is 12.4 Å². The molecule has 0 unspecified atom stereocenters. The lowest BCUT2D eigenvalue weighted by Crippen LogP contribution is -2.30. The molecule has 0 aliphatic heterocycles. The van der Waals surface area contributed by atoms with E-state index < -0.39 is 0 Å². The second kappa shape index (κ2) is 8.19. The molecule has 0 saturated heterocycles. The van der Waals surface area contributed by atoms with E-state index >= 15 is 0 Å². The van der Waals surface area contributed by atoms with Crippen LogP contribution in [0.5, 0.6) is 0 Å². The zero-order valence-corrected chi connectivity index (χ0v) is 13.5. The van der Waals surface area contributed by atoms with Crippen molar-refractivity contribution >= 4 is 23.3 Å². The molecule has 0 aromatic heterocycles. The number of oxime groups is 1. The van der Waals surface area contributed by atoms with Crippen molar-refractivity contribution < 1.29 is 9.63 Å². The predicted molar refractivity (Wildman–Crippen MR) is 91.1 cm³/mol. The van der Waals surface area contributed by atoms with Crippen molar-refractivity contribution in [3.8, 4) is 0 Å². The first-order valence-electron chi connectivity index (χ1n) is 7.12. The Bertz CT molecular complexity index is 689. The van der Waals surface area contributed by atoms with Gasteiger partial charge in [-0.15, -0.1) is 0 Å². The Labute approximate surface area is 140 Å². The summed E-state index contributed by atoms with van der Waals surface area (Å²) >= 11 is 6.00. The van der Waals surface area contributed by atoms with Gasteiger partial charge in [0.05, 0.1) is 11.1 Å². The summed E-state index contributed by atoms with van der Waals surface area (Å²) in [5, 5.41) is 7.02. The smallest absolute Gasteiger partial charge is 0.261 e. The number of nitrogens with zero attached hydrogens (tertiary/aromatic N) is 1. The van der Waals surface area contributed by atoms with Crippen molar-refractivity contribution in [2.24, 2.45) is 10.9 Å². The van der Waals surface area contributed by atoms with Gasteiger partial charge in [-0.25, -0.2) is 0 Å². The maximum atomic E-state index is 11.8. The van der Waals surface area contributed by atoms with Gasteiger partial charge >= 0.3 is 0 Å². The van der Waals surface area contributed by atoms with Crippen LogP contribution in [0.25, 0.3) is 0 Å². The topological polar surface area (TPSA) is 76.7 Å². The second-order valence-electron chi connectivity index (χ2n) is 4.93. The molecule has 0 bridgehead atoms. The molecule has 5 nitrogen and oxygen atoms in total. The number of halogens is 1. The monoisotopic (exact) mass is 331 g/mol. The first-order valence-corrected chi connectivity index (χ1v) is 7.50. The van der Waals surface area contributed by atoms with Gasteiger partial charge in [0.25, 0.3) is 5.91 Å². The number of hydrogen-bond donors (Lipinski definition) is 2. The molecule has 2 rings (SSSR count). The lowest BCUT2D eigenvalue weighted by Gasteiger charge is -2.13. The van der Waals surface area contributed by atoms with E-state index in [1.54, 1.807) is 24.3 Å². The van der Waals surface area contributed by atoms with Gasteiger partial charge in [-0.05, 0) is 24.6 Å². The first kappa shape index (κ1) is 16.8. The summed E-state index contributed by atoms with van der Waals surface area (Å²) in [5.41, 5.74) is 7.36. The number of amidine groups is 1. The van der Waals surface area contributed by atoms with E-state index in [4.69, 9.17) is 22.2 Å². The Morgan fingerprint density at radius 1 is 1.22 bits per heavy atom.